The quantitative estimate of drug-likeness (QED) is 0.457. The monoisotopic (exact) mass is 453 g/mol. The molecule has 0 amide bonds. The van der Waals surface area contributed by atoms with Gasteiger partial charge < -0.3 is 14.2 Å². The number of hydrogen-bond acceptors (Lipinski definition) is 5. The fourth-order valence-electron chi connectivity index (χ4n) is 5.11. The van der Waals surface area contributed by atoms with E-state index in [0.29, 0.717) is 13.0 Å². The summed E-state index contributed by atoms with van der Waals surface area (Å²) in [5, 5.41) is 9.76. The zero-order valence-electron chi connectivity index (χ0n) is 19.5. The standard InChI is InChI=1S/C29H27NO4/c1-18-5-3-4-6-19(18)13-26-20(16-30)7-9-25-24(26)11-12-27(25)34-22-8-10-23-21(14-29(31)32-2)17-33-28(23)15-22/h3-10,15,21,27H,11-14,17H2,1-2H3/t21?,27-/m1/s1. The number of carbonyl (C=O) groups is 1. The molecule has 0 saturated carbocycles. The molecule has 1 aliphatic heterocycles. The van der Waals surface area contributed by atoms with Gasteiger partial charge in [0, 0.05) is 17.5 Å². The Balaban J connectivity index is 1.38. The normalized spacial score (nSPS) is 17.9. The Morgan fingerprint density at radius 2 is 1.97 bits per heavy atom. The smallest absolute Gasteiger partial charge is 0.306 e. The van der Waals surface area contributed by atoms with Gasteiger partial charge in [0.25, 0.3) is 0 Å². The van der Waals surface area contributed by atoms with E-state index < -0.39 is 0 Å². The van der Waals surface area contributed by atoms with Gasteiger partial charge in [-0.3, -0.25) is 4.79 Å². The van der Waals surface area contributed by atoms with E-state index in [4.69, 9.17) is 14.2 Å². The molecule has 0 spiro atoms. The molecule has 0 aromatic heterocycles. The number of methoxy groups -OCH3 is 1. The molecule has 2 atom stereocenters. The van der Waals surface area contributed by atoms with Crippen LogP contribution < -0.4 is 9.47 Å². The van der Waals surface area contributed by atoms with Crippen LogP contribution in [0.5, 0.6) is 11.5 Å². The highest BCUT2D eigenvalue weighted by Crippen LogP contribution is 2.42. The lowest BCUT2D eigenvalue weighted by Gasteiger charge is -2.17. The maximum Gasteiger partial charge on any atom is 0.306 e. The highest BCUT2D eigenvalue weighted by atomic mass is 16.5. The zero-order valence-corrected chi connectivity index (χ0v) is 19.5. The highest BCUT2D eigenvalue weighted by molar-refractivity contribution is 5.71. The second-order valence-corrected chi connectivity index (χ2v) is 9.01. The van der Waals surface area contributed by atoms with E-state index >= 15 is 0 Å². The Kier molecular flexibility index (Phi) is 5.98. The number of rotatable bonds is 6. The van der Waals surface area contributed by atoms with Crippen LogP contribution in [0.15, 0.2) is 54.6 Å². The van der Waals surface area contributed by atoms with Crippen molar-refractivity contribution in [1.29, 1.82) is 5.26 Å². The molecule has 0 saturated heterocycles. The first-order valence-corrected chi connectivity index (χ1v) is 11.7. The van der Waals surface area contributed by atoms with Gasteiger partial charge in [0.05, 0.1) is 31.8 Å². The van der Waals surface area contributed by atoms with Gasteiger partial charge >= 0.3 is 5.97 Å². The second kappa shape index (κ2) is 9.23. The van der Waals surface area contributed by atoms with E-state index in [0.717, 1.165) is 53.0 Å². The number of esters is 1. The topological polar surface area (TPSA) is 68.6 Å². The maximum absolute atomic E-state index is 11.7. The summed E-state index contributed by atoms with van der Waals surface area (Å²) in [5.74, 6) is 1.30. The summed E-state index contributed by atoms with van der Waals surface area (Å²) >= 11 is 0. The molecule has 172 valence electrons. The minimum atomic E-state index is -0.234. The molecule has 5 heteroatoms. The number of ether oxygens (including phenoxy) is 3. The van der Waals surface area contributed by atoms with E-state index in [2.05, 4.69) is 31.2 Å². The minimum absolute atomic E-state index is 0.0112. The van der Waals surface area contributed by atoms with E-state index in [1.807, 2.05) is 36.4 Å². The van der Waals surface area contributed by atoms with Gasteiger partial charge in [-0.15, -0.1) is 0 Å². The molecule has 5 rings (SSSR count). The van der Waals surface area contributed by atoms with Gasteiger partial charge in [0.2, 0.25) is 0 Å². The van der Waals surface area contributed by atoms with Crippen LogP contribution in [-0.2, 0) is 22.4 Å². The fraction of sp³-hybridized carbons (Fsp3) is 0.310. The summed E-state index contributed by atoms with van der Waals surface area (Å²) in [6.07, 6.45) is 2.75. The Labute approximate surface area is 199 Å². The number of benzene rings is 3. The van der Waals surface area contributed by atoms with Crippen molar-refractivity contribution in [3.8, 4) is 17.6 Å². The first-order valence-electron chi connectivity index (χ1n) is 11.7. The summed E-state index contributed by atoms with van der Waals surface area (Å²) < 4.78 is 17.1. The lowest BCUT2D eigenvalue weighted by Crippen LogP contribution is -2.09. The van der Waals surface area contributed by atoms with Crippen molar-refractivity contribution < 1.29 is 19.0 Å². The van der Waals surface area contributed by atoms with Crippen LogP contribution in [0, 0.1) is 18.3 Å². The molecular formula is C29H27NO4. The number of nitrogens with zero attached hydrogens (tertiary/aromatic N) is 1. The lowest BCUT2D eigenvalue weighted by atomic mass is 9.91. The highest BCUT2D eigenvalue weighted by Gasteiger charge is 2.30. The average molecular weight is 454 g/mol. The number of hydrogen-bond donors (Lipinski definition) is 0. The third-order valence-corrected chi connectivity index (χ3v) is 7.00. The van der Waals surface area contributed by atoms with Crippen molar-refractivity contribution in [3.05, 3.63) is 93.5 Å². The van der Waals surface area contributed by atoms with Crippen LogP contribution in [0.2, 0.25) is 0 Å². The number of carbonyl (C=O) groups excluding carboxylic acids is 1. The van der Waals surface area contributed by atoms with E-state index in [1.54, 1.807) is 0 Å². The molecule has 0 N–H and O–H groups in total. The fourth-order valence-corrected chi connectivity index (χ4v) is 5.11. The minimum Gasteiger partial charge on any atom is -0.492 e. The molecule has 1 heterocycles. The SMILES string of the molecule is COC(=O)CC1COc2cc(O[C@@H]3CCc4c3ccc(C#N)c4Cc3ccccc3C)ccc21. The van der Waals surface area contributed by atoms with Crippen LogP contribution in [0.25, 0.3) is 0 Å². The van der Waals surface area contributed by atoms with Crippen LogP contribution in [0.3, 0.4) is 0 Å². The van der Waals surface area contributed by atoms with Gasteiger partial charge in [-0.2, -0.15) is 5.26 Å². The third-order valence-electron chi connectivity index (χ3n) is 7.00. The zero-order chi connectivity index (χ0) is 23.7. The Bertz CT molecular complexity index is 1290. The summed E-state index contributed by atoms with van der Waals surface area (Å²) in [6.45, 7) is 2.58. The van der Waals surface area contributed by atoms with Crippen molar-refractivity contribution in [2.24, 2.45) is 0 Å². The summed E-state index contributed by atoms with van der Waals surface area (Å²) in [7, 11) is 1.40. The van der Waals surface area contributed by atoms with Crippen LogP contribution in [0.1, 0.15) is 63.8 Å². The lowest BCUT2D eigenvalue weighted by molar-refractivity contribution is -0.141. The van der Waals surface area contributed by atoms with Gasteiger partial charge in [-0.05, 0) is 66.1 Å². The van der Waals surface area contributed by atoms with E-state index in [-0.39, 0.29) is 18.0 Å². The predicted octanol–water partition coefficient (Wildman–Crippen LogP) is 5.56. The van der Waals surface area contributed by atoms with Crippen LogP contribution >= 0.6 is 0 Å². The number of fused-ring (bicyclic) bond motifs is 2. The van der Waals surface area contributed by atoms with Crippen molar-refractivity contribution in [1.82, 2.24) is 0 Å². The number of aryl methyl sites for hydroxylation is 1. The van der Waals surface area contributed by atoms with Gasteiger partial charge in [0.1, 0.15) is 17.6 Å². The van der Waals surface area contributed by atoms with Crippen molar-refractivity contribution in [2.45, 2.75) is 44.6 Å². The molecule has 3 aromatic carbocycles. The first kappa shape index (κ1) is 22.0. The summed E-state index contributed by atoms with van der Waals surface area (Å²) in [5.41, 5.74) is 7.75. The molecule has 34 heavy (non-hydrogen) atoms. The molecule has 1 unspecified atom stereocenters. The third kappa shape index (κ3) is 4.12. The van der Waals surface area contributed by atoms with Gasteiger partial charge in [-0.1, -0.05) is 36.4 Å². The van der Waals surface area contributed by atoms with Crippen molar-refractivity contribution in [2.75, 3.05) is 13.7 Å². The maximum atomic E-state index is 11.7. The predicted molar refractivity (Wildman–Crippen MR) is 128 cm³/mol. The van der Waals surface area contributed by atoms with Gasteiger partial charge in [-0.25, -0.2) is 0 Å². The largest absolute Gasteiger partial charge is 0.492 e. The average Bonchev–Trinajstić information content (AvgIpc) is 3.44. The molecule has 5 nitrogen and oxygen atoms in total. The second-order valence-electron chi connectivity index (χ2n) is 9.01. The van der Waals surface area contributed by atoms with Crippen LogP contribution in [0.4, 0.5) is 0 Å². The Morgan fingerprint density at radius 1 is 1.15 bits per heavy atom. The van der Waals surface area contributed by atoms with Crippen LogP contribution in [-0.4, -0.2) is 19.7 Å². The molecule has 0 radical (unpaired) electrons. The molecular weight excluding hydrogens is 426 g/mol. The molecule has 0 bridgehead atoms. The Hall–Kier alpha value is -3.78. The summed E-state index contributed by atoms with van der Waals surface area (Å²) in [4.78, 5) is 11.7. The number of nitriles is 1. The molecule has 0 fully saturated rings. The van der Waals surface area contributed by atoms with Crippen molar-refractivity contribution in [3.63, 3.8) is 0 Å². The molecule has 3 aromatic rings. The molecule has 2 aliphatic rings. The van der Waals surface area contributed by atoms with E-state index in [1.165, 1.54) is 23.8 Å². The Morgan fingerprint density at radius 3 is 2.76 bits per heavy atom. The van der Waals surface area contributed by atoms with E-state index in [9.17, 15) is 10.1 Å². The molecule has 1 aliphatic carbocycles. The van der Waals surface area contributed by atoms with Gasteiger partial charge in [0.15, 0.2) is 0 Å². The van der Waals surface area contributed by atoms with Crippen molar-refractivity contribution >= 4 is 5.97 Å². The first-order chi connectivity index (χ1) is 16.6. The summed E-state index contributed by atoms with van der Waals surface area (Å²) in [6, 6.07) is 20.6.